The van der Waals surface area contributed by atoms with Crippen LogP contribution in [-0.4, -0.2) is 49.7 Å². The second-order valence-electron chi connectivity index (χ2n) is 6.94. The van der Waals surface area contributed by atoms with Gasteiger partial charge in [0, 0.05) is 36.6 Å². The minimum atomic E-state index is -3.52. The number of ether oxygens (including phenoxy) is 1. The number of benzene rings is 1. The number of carbonyl (C=O) groups excluding carboxylic acids is 1. The summed E-state index contributed by atoms with van der Waals surface area (Å²) in [5, 5.41) is 0. The van der Waals surface area contributed by atoms with Crippen molar-refractivity contribution in [2.75, 3.05) is 26.2 Å². The molecule has 7 nitrogen and oxygen atoms in total. The molecule has 0 saturated carbocycles. The molecule has 0 spiro atoms. The Kier molecular flexibility index (Phi) is 5.94. The molecule has 0 atom stereocenters. The van der Waals surface area contributed by atoms with Crippen LogP contribution in [0.1, 0.15) is 21.0 Å². The van der Waals surface area contributed by atoms with E-state index in [0.29, 0.717) is 28.6 Å². The first-order chi connectivity index (χ1) is 14.4. The zero-order valence-corrected chi connectivity index (χ0v) is 18.1. The Morgan fingerprint density at radius 3 is 2.47 bits per heavy atom. The first-order valence-corrected chi connectivity index (χ1v) is 11.8. The lowest BCUT2D eigenvalue weighted by Gasteiger charge is -2.33. The Labute approximate surface area is 179 Å². The Bertz CT molecular complexity index is 1110. The highest BCUT2D eigenvalue weighted by atomic mass is 32.2. The Balaban J connectivity index is 1.39. The van der Waals surface area contributed by atoms with E-state index in [9.17, 15) is 13.2 Å². The van der Waals surface area contributed by atoms with Gasteiger partial charge in [-0.3, -0.25) is 4.79 Å². The van der Waals surface area contributed by atoms with Gasteiger partial charge < -0.3 is 14.1 Å². The molecule has 158 valence electrons. The predicted octanol–water partition coefficient (Wildman–Crippen LogP) is 3.38. The molecule has 1 aromatic carbocycles. The lowest BCUT2D eigenvalue weighted by atomic mass is 10.2. The van der Waals surface area contributed by atoms with Crippen LogP contribution < -0.4 is 4.74 Å². The molecule has 9 heteroatoms. The summed E-state index contributed by atoms with van der Waals surface area (Å²) >= 11 is 1.26. The van der Waals surface area contributed by atoms with Crippen molar-refractivity contribution < 1.29 is 22.4 Å². The molecule has 1 saturated heterocycles. The smallest absolute Gasteiger partial charge is 0.290 e. The molecular weight excluding hydrogens is 424 g/mol. The van der Waals surface area contributed by atoms with Gasteiger partial charge in [0.1, 0.15) is 16.6 Å². The molecule has 0 N–H and O–H groups in total. The largest absolute Gasteiger partial charge is 0.489 e. The molecule has 30 heavy (non-hydrogen) atoms. The third-order valence-corrected chi connectivity index (χ3v) is 8.28. The zero-order chi connectivity index (χ0) is 21.1. The Hall–Kier alpha value is -2.62. The van der Waals surface area contributed by atoms with Crippen molar-refractivity contribution in [2.45, 2.75) is 17.7 Å². The van der Waals surface area contributed by atoms with Gasteiger partial charge in [-0.1, -0.05) is 18.2 Å². The third-order valence-electron chi connectivity index (χ3n) is 4.91. The number of sulfonamides is 1. The number of furan rings is 1. The van der Waals surface area contributed by atoms with Gasteiger partial charge in [0.05, 0.1) is 6.26 Å². The minimum absolute atomic E-state index is 0.216. The van der Waals surface area contributed by atoms with Crippen LogP contribution >= 0.6 is 11.3 Å². The highest BCUT2D eigenvalue weighted by molar-refractivity contribution is 7.91. The van der Waals surface area contributed by atoms with Gasteiger partial charge in [-0.05, 0) is 37.3 Å². The van der Waals surface area contributed by atoms with Crippen LogP contribution in [0.15, 0.2) is 63.4 Å². The van der Waals surface area contributed by atoms with E-state index in [4.69, 9.17) is 9.15 Å². The maximum absolute atomic E-state index is 12.9. The van der Waals surface area contributed by atoms with Crippen molar-refractivity contribution in [1.29, 1.82) is 0 Å². The summed E-state index contributed by atoms with van der Waals surface area (Å²) in [4.78, 5) is 15.5. The van der Waals surface area contributed by atoms with Crippen LogP contribution in [0.3, 0.4) is 0 Å². The van der Waals surface area contributed by atoms with Gasteiger partial charge in [-0.2, -0.15) is 4.31 Å². The topological polar surface area (TPSA) is 80.1 Å². The van der Waals surface area contributed by atoms with E-state index in [1.807, 2.05) is 37.3 Å². The monoisotopic (exact) mass is 446 g/mol. The normalized spacial score (nSPS) is 15.3. The SMILES string of the molecule is Cc1ccc(S(=O)(=O)N2CCN(C(=O)c3occc3COc3ccccc3)CC2)s1. The number of hydrogen-bond acceptors (Lipinski definition) is 6. The maximum atomic E-state index is 12.9. The molecule has 1 aliphatic heterocycles. The molecule has 4 rings (SSSR count). The second-order valence-corrected chi connectivity index (χ2v) is 10.4. The summed E-state index contributed by atoms with van der Waals surface area (Å²) in [6, 6.07) is 14.5. The minimum Gasteiger partial charge on any atom is -0.489 e. The van der Waals surface area contributed by atoms with Crippen molar-refractivity contribution in [2.24, 2.45) is 0 Å². The molecule has 0 bridgehead atoms. The van der Waals surface area contributed by atoms with E-state index in [1.54, 1.807) is 23.1 Å². The van der Waals surface area contributed by atoms with Gasteiger partial charge in [0.15, 0.2) is 5.76 Å². The lowest BCUT2D eigenvalue weighted by molar-refractivity contribution is 0.0662. The van der Waals surface area contributed by atoms with Crippen LogP contribution in [0.5, 0.6) is 5.75 Å². The van der Waals surface area contributed by atoms with Gasteiger partial charge in [0.25, 0.3) is 15.9 Å². The number of rotatable bonds is 6. The summed E-state index contributed by atoms with van der Waals surface area (Å²) in [6.45, 7) is 3.21. The number of piperazine rings is 1. The number of amides is 1. The molecule has 0 radical (unpaired) electrons. The van der Waals surface area contributed by atoms with E-state index in [-0.39, 0.29) is 31.4 Å². The third kappa shape index (κ3) is 4.28. The van der Waals surface area contributed by atoms with Crippen LogP contribution in [0.2, 0.25) is 0 Å². The molecular formula is C21H22N2O5S2. The van der Waals surface area contributed by atoms with E-state index in [1.165, 1.54) is 21.9 Å². The summed E-state index contributed by atoms with van der Waals surface area (Å²) in [5.74, 6) is 0.687. The fourth-order valence-electron chi connectivity index (χ4n) is 3.27. The van der Waals surface area contributed by atoms with E-state index >= 15 is 0 Å². The lowest BCUT2D eigenvalue weighted by Crippen LogP contribution is -2.50. The Morgan fingerprint density at radius 1 is 1.07 bits per heavy atom. The van der Waals surface area contributed by atoms with Crippen molar-refractivity contribution in [3.63, 3.8) is 0 Å². The molecule has 1 amide bonds. The first kappa shape index (κ1) is 20.6. The second kappa shape index (κ2) is 8.63. The average molecular weight is 447 g/mol. The summed E-state index contributed by atoms with van der Waals surface area (Å²) in [6.07, 6.45) is 1.47. The molecule has 3 heterocycles. The van der Waals surface area contributed by atoms with Crippen LogP contribution in [0.25, 0.3) is 0 Å². The summed E-state index contributed by atoms with van der Waals surface area (Å²) in [5.41, 5.74) is 0.660. The zero-order valence-electron chi connectivity index (χ0n) is 16.5. The quantitative estimate of drug-likeness (QED) is 0.580. The number of nitrogens with zero attached hydrogens (tertiary/aromatic N) is 2. The average Bonchev–Trinajstić information content (AvgIpc) is 3.42. The van der Waals surface area contributed by atoms with E-state index in [0.717, 1.165) is 4.88 Å². The maximum Gasteiger partial charge on any atom is 0.290 e. The van der Waals surface area contributed by atoms with Crippen LogP contribution in [0.4, 0.5) is 0 Å². The van der Waals surface area contributed by atoms with Gasteiger partial charge in [-0.15, -0.1) is 11.3 Å². The summed E-state index contributed by atoms with van der Waals surface area (Å²) < 4.78 is 38.5. The van der Waals surface area contributed by atoms with Crippen molar-refractivity contribution >= 4 is 27.3 Å². The number of para-hydroxylation sites is 1. The summed E-state index contributed by atoms with van der Waals surface area (Å²) in [7, 11) is -3.52. The van der Waals surface area contributed by atoms with Gasteiger partial charge >= 0.3 is 0 Å². The number of carbonyl (C=O) groups is 1. The predicted molar refractivity (Wildman–Crippen MR) is 113 cm³/mol. The van der Waals surface area contributed by atoms with Crippen LogP contribution in [-0.2, 0) is 16.6 Å². The number of aryl methyl sites for hydroxylation is 1. The first-order valence-electron chi connectivity index (χ1n) is 9.55. The van der Waals surface area contributed by atoms with Crippen LogP contribution in [0, 0.1) is 6.92 Å². The molecule has 1 aliphatic rings. The van der Waals surface area contributed by atoms with Crippen molar-refractivity contribution in [3.05, 3.63) is 71.0 Å². The number of hydrogen-bond donors (Lipinski definition) is 0. The standard InChI is InChI=1S/C21H22N2O5S2/c1-16-7-8-19(29-16)30(25,26)23-12-10-22(11-13-23)21(24)20-17(9-14-27-20)15-28-18-5-3-2-4-6-18/h2-9,14H,10-13,15H2,1H3. The fraction of sp³-hybridized carbons (Fsp3) is 0.286. The molecule has 3 aromatic rings. The van der Waals surface area contributed by atoms with Crippen molar-refractivity contribution in [1.82, 2.24) is 9.21 Å². The Morgan fingerprint density at radius 2 is 1.80 bits per heavy atom. The van der Waals surface area contributed by atoms with E-state index in [2.05, 4.69) is 0 Å². The highest BCUT2D eigenvalue weighted by Crippen LogP contribution is 2.26. The van der Waals surface area contributed by atoms with Gasteiger partial charge in [0.2, 0.25) is 0 Å². The van der Waals surface area contributed by atoms with E-state index < -0.39 is 10.0 Å². The fourth-order valence-corrected chi connectivity index (χ4v) is 6.13. The van der Waals surface area contributed by atoms with Crippen molar-refractivity contribution in [3.8, 4) is 5.75 Å². The molecule has 1 fully saturated rings. The molecule has 2 aromatic heterocycles. The highest BCUT2D eigenvalue weighted by Gasteiger charge is 2.32. The van der Waals surface area contributed by atoms with Gasteiger partial charge in [-0.25, -0.2) is 8.42 Å². The molecule has 0 aliphatic carbocycles. The molecule has 0 unspecified atom stereocenters. The number of thiophene rings is 1.